The van der Waals surface area contributed by atoms with E-state index in [2.05, 4.69) is 5.32 Å². The fraction of sp³-hybridized carbons (Fsp3) is 0.800. The number of rotatable bonds is 0. The van der Waals surface area contributed by atoms with Crippen LogP contribution >= 0.6 is 0 Å². The van der Waals surface area contributed by atoms with Crippen molar-refractivity contribution in [2.75, 3.05) is 7.05 Å². The van der Waals surface area contributed by atoms with Crippen LogP contribution in [0.15, 0.2) is 0 Å². The van der Waals surface area contributed by atoms with Crippen LogP contribution in [0.2, 0.25) is 0 Å². The van der Waals surface area contributed by atoms with Gasteiger partial charge in [0.1, 0.15) is 11.4 Å². The zero-order chi connectivity index (χ0) is 9.92. The van der Waals surface area contributed by atoms with Gasteiger partial charge in [-0.3, -0.25) is 10.7 Å². The summed E-state index contributed by atoms with van der Waals surface area (Å²) < 4.78 is 0. The highest BCUT2D eigenvalue weighted by Crippen LogP contribution is 2.54. The number of fused-ring (bicyclic) bond motifs is 3. The molecule has 2 amide bonds. The first-order valence-corrected chi connectivity index (χ1v) is 5.28. The maximum absolute atomic E-state index is 11.5. The minimum Gasteiger partial charge on any atom is -0.314 e. The van der Waals surface area contributed by atoms with E-state index >= 15 is 0 Å². The molecule has 14 heavy (non-hydrogen) atoms. The summed E-state index contributed by atoms with van der Waals surface area (Å²) in [5.74, 6) is 1.72. The van der Waals surface area contributed by atoms with Crippen molar-refractivity contribution in [3.05, 3.63) is 0 Å². The van der Waals surface area contributed by atoms with Crippen LogP contribution in [-0.2, 0) is 0 Å². The molecule has 1 saturated heterocycles. The van der Waals surface area contributed by atoms with Crippen LogP contribution in [0.25, 0.3) is 0 Å². The second kappa shape index (κ2) is 2.30. The van der Waals surface area contributed by atoms with Crippen LogP contribution in [0.4, 0.5) is 4.79 Å². The Hall–Kier alpha value is -1.06. The molecule has 2 saturated carbocycles. The van der Waals surface area contributed by atoms with Crippen molar-refractivity contribution in [1.29, 1.82) is 5.41 Å². The number of amidine groups is 1. The van der Waals surface area contributed by atoms with Crippen molar-refractivity contribution in [2.45, 2.75) is 31.2 Å². The molecule has 0 aromatic rings. The van der Waals surface area contributed by atoms with E-state index in [1.807, 2.05) is 7.05 Å². The van der Waals surface area contributed by atoms with E-state index in [0.717, 1.165) is 12.3 Å². The average molecular weight is 193 g/mol. The largest absolute Gasteiger partial charge is 0.323 e. The topological polar surface area (TPSA) is 56.2 Å². The number of hydrogen-bond acceptors (Lipinski definition) is 2. The lowest BCUT2D eigenvalue weighted by atomic mass is 9.80. The lowest BCUT2D eigenvalue weighted by molar-refractivity contribution is 0.155. The molecule has 4 heteroatoms. The van der Waals surface area contributed by atoms with Crippen LogP contribution in [-0.4, -0.2) is 29.4 Å². The molecule has 0 aromatic heterocycles. The second-order valence-electron chi connectivity index (χ2n) is 4.87. The highest BCUT2D eigenvalue weighted by atomic mass is 16.2. The number of hydrogen-bond donors (Lipinski definition) is 2. The Balaban J connectivity index is 2.03. The van der Waals surface area contributed by atoms with Crippen molar-refractivity contribution in [3.8, 4) is 0 Å². The zero-order valence-electron chi connectivity index (χ0n) is 8.34. The molecule has 2 aliphatic carbocycles. The molecule has 3 rings (SSSR count). The highest BCUT2D eigenvalue weighted by molar-refractivity contribution is 6.08. The van der Waals surface area contributed by atoms with Gasteiger partial charge in [-0.1, -0.05) is 0 Å². The highest BCUT2D eigenvalue weighted by Gasteiger charge is 2.60. The van der Waals surface area contributed by atoms with E-state index in [1.54, 1.807) is 4.90 Å². The standard InChI is InChI=1S/C10H15N3O/c1-13-9(14)12-8(11)10(13)5-6-2-3-7(10)4-6/h6-7H,2-5H2,1H3,(H2,11,12,14). The van der Waals surface area contributed by atoms with Gasteiger partial charge < -0.3 is 4.90 Å². The summed E-state index contributed by atoms with van der Waals surface area (Å²) in [6.07, 6.45) is 4.70. The fourth-order valence-electron chi connectivity index (χ4n) is 3.67. The van der Waals surface area contributed by atoms with Crippen LogP contribution in [0.1, 0.15) is 25.7 Å². The van der Waals surface area contributed by atoms with E-state index in [-0.39, 0.29) is 11.6 Å². The summed E-state index contributed by atoms with van der Waals surface area (Å²) in [5, 5.41) is 10.6. The monoisotopic (exact) mass is 193 g/mol. The van der Waals surface area contributed by atoms with Gasteiger partial charge in [0.05, 0.1) is 0 Å². The Morgan fingerprint density at radius 1 is 1.57 bits per heavy atom. The van der Waals surface area contributed by atoms with Gasteiger partial charge in [0.2, 0.25) is 0 Å². The molecule has 1 aliphatic heterocycles. The van der Waals surface area contributed by atoms with Gasteiger partial charge in [-0.2, -0.15) is 0 Å². The van der Waals surface area contributed by atoms with E-state index in [9.17, 15) is 4.79 Å². The molecular formula is C10H15N3O. The first kappa shape index (κ1) is 8.26. The average Bonchev–Trinajstić information content (AvgIpc) is 2.79. The minimum absolute atomic E-state index is 0.0949. The second-order valence-corrected chi connectivity index (χ2v) is 4.87. The normalized spacial score (nSPS) is 45.4. The molecule has 3 aliphatic rings. The predicted octanol–water partition coefficient (Wildman–Crippen LogP) is 1.18. The molecule has 3 fully saturated rings. The molecular weight excluding hydrogens is 178 g/mol. The number of likely N-dealkylation sites (N-methyl/N-ethyl adjacent to an activating group) is 1. The summed E-state index contributed by atoms with van der Waals surface area (Å²) in [4.78, 5) is 13.3. The van der Waals surface area contributed by atoms with Crippen molar-refractivity contribution >= 4 is 11.9 Å². The van der Waals surface area contributed by atoms with Gasteiger partial charge in [0.25, 0.3) is 0 Å². The third kappa shape index (κ3) is 0.713. The Bertz CT molecular complexity index is 327. The lowest BCUT2D eigenvalue weighted by Crippen LogP contribution is -2.51. The molecule has 4 nitrogen and oxygen atoms in total. The van der Waals surface area contributed by atoms with Crippen molar-refractivity contribution < 1.29 is 4.79 Å². The van der Waals surface area contributed by atoms with Crippen LogP contribution in [0, 0.1) is 17.2 Å². The molecule has 0 radical (unpaired) electrons. The number of urea groups is 1. The van der Waals surface area contributed by atoms with Crippen molar-refractivity contribution in [1.82, 2.24) is 10.2 Å². The van der Waals surface area contributed by atoms with E-state index in [0.29, 0.717) is 11.8 Å². The molecule has 2 N–H and O–H groups in total. The zero-order valence-corrected chi connectivity index (χ0v) is 8.34. The molecule has 76 valence electrons. The van der Waals surface area contributed by atoms with E-state index in [1.165, 1.54) is 19.3 Å². The summed E-state index contributed by atoms with van der Waals surface area (Å²) in [6, 6.07) is -0.0949. The van der Waals surface area contributed by atoms with Gasteiger partial charge in [0.15, 0.2) is 0 Å². The SMILES string of the molecule is CN1C(=O)NC(=N)C12CC1CCC2C1. The van der Waals surface area contributed by atoms with Crippen molar-refractivity contribution in [3.63, 3.8) is 0 Å². The van der Waals surface area contributed by atoms with Crippen LogP contribution in [0.5, 0.6) is 0 Å². The Kier molecular flexibility index (Phi) is 1.36. The van der Waals surface area contributed by atoms with Gasteiger partial charge in [-0.05, 0) is 37.5 Å². The third-order valence-corrected chi connectivity index (χ3v) is 4.38. The molecule has 1 heterocycles. The first-order chi connectivity index (χ1) is 6.64. The molecule has 2 bridgehead atoms. The van der Waals surface area contributed by atoms with Crippen LogP contribution in [0.3, 0.4) is 0 Å². The summed E-state index contributed by atoms with van der Waals surface area (Å²) in [6.45, 7) is 0. The lowest BCUT2D eigenvalue weighted by Gasteiger charge is -2.37. The molecule has 0 aromatic carbocycles. The summed E-state index contributed by atoms with van der Waals surface area (Å²) >= 11 is 0. The number of carbonyl (C=O) groups excluding carboxylic acids is 1. The van der Waals surface area contributed by atoms with E-state index < -0.39 is 0 Å². The van der Waals surface area contributed by atoms with Crippen LogP contribution < -0.4 is 5.32 Å². The third-order valence-electron chi connectivity index (χ3n) is 4.38. The quantitative estimate of drug-likeness (QED) is 0.596. The number of carbonyl (C=O) groups is 1. The number of nitrogens with one attached hydrogen (secondary N) is 2. The molecule has 3 atom stereocenters. The number of nitrogens with zero attached hydrogens (tertiary/aromatic N) is 1. The minimum atomic E-state index is -0.250. The molecule has 1 spiro atoms. The Labute approximate surface area is 83.2 Å². The van der Waals surface area contributed by atoms with Gasteiger partial charge in [-0.25, -0.2) is 4.79 Å². The van der Waals surface area contributed by atoms with Gasteiger partial charge in [0, 0.05) is 7.05 Å². The predicted molar refractivity (Wildman–Crippen MR) is 52.2 cm³/mol. The maximum atomic E-state index is 11.5. The molecule has 3 unspecified atom stereocenters. The number of amides is 2. The smallest absolute Gasteiger partial charge is 0.314 e. The Morgan fingerprint density at radius 3 is 2.79 bits per heavy atom. The summed E-state index contributed by atoms with van der Waals surface area (Å²) in [7, 11) is 1.83. The van der Waals surface area contributed by atoms with E-state index in [4.69, 9.17) is 5.41 Å². The van der Waals surface area contributed by atoms with Gasteiger partial charge in [-0.15, -0.1) is 0 Å². The first-order valence-electron chi connectivity index (χ1n) is 5.28. The van der Waals surface area contributed by atoms with Gasteiger partial charge >= 0.3 is 6.03 Å². The summed E-state index contributed by atoms with van der Waals surface area (Å²) in [5.41, 5.74) is -0.250. The Morgan fingerprint density at radius 2 is 2.36 bits per heavy atom. The van der Waals surface area contributed by atoms with Crippen molar-refractivity contribution in [2.24, 2.45) is 11.8 Å². The maximum Gasteiger partial charge on any atom is 0.323 e. The fourth-order valence-corrected chi connectivity index (χ4v) is 3.67.